The first kappa shape index (κ1) is 17.5. The summed E-state index contributed by atoms with van der Waals surface area (Å²) in [4.78, 5) is 15.8. The normalized spacial score (nSPS) is 13.9. The average Bonchev–Trinajstić information content (AvgIpc) is 3.39. The molecule has 29 heavy (non-hydrogen) atoms. The zero-order valence-electron chi connectivity index (χ0n) is 16.3. The van der Waals surface area contributed by atoms with Crippen molar-refractivity contribution in [3.63, 3.8) is 0 Å². The van der Waals surface area contributed by atoms with Crippen LogP contribution in [0.25, 0.3) is 0 Å². The predicted octanol–water partition coefficient (Wildman–Crippen LogP) is 3.69. The maximum atomic E-state index is 5.55. The summed E-state index contributed by atoms with van der Waals surface area (Å²) in [5, 5.41) is 3.37. The van der Waals surface area contributed by atoms with Gasteiger partial charge in [0.2, 0.25) is 11.7 Å². The highest BCUT2D eigenvalue weighted by Gasteiger charge is 2.24. The lowest BCUT2D eigenvalue weighted by Crippen LogP contribution is -2.19. The van der Waals surface area contributed by atoms with Crippen LogP contribution in [0.15, 0.2) is 47.5 Å². The van der Waals surface area contributed by atoms with Crippen molar-refractivity contribution in [3.05, 3.63) is 64.7 Å². The van der Waals surface area contributed by atoms with E-state index in [2.05, 4.69) is 56.6 Å². The third-order valence-electron chi connectivity index (χ3n) is 5.24. The minimum absolute atomic E-state index is 0.402. The van der Waals surface area contributed by atoms with Crippen LogP contribution in [0, 0.1) is 0 Å². The van der Waals surface area contributed by atoms with Crippen LogP contribution in [0.5, 0.6) is 11.6 Å². The molecule has 0 unspecified atom stereocenters. The van der Waals surface area contributed by atoms with E-state index in [1.54, 1.807) is 14.2 Å². The molecule has 0 saturated carbocycles. The van der Waals surface area contributed by atoms with Crippen LogP contribution in [0.3, 0.4) is 0 Å². The van der Waals surface area contributed by atoms with Gasteiger partial charge >= 0.3 is 0 Å². The first-order valence-corrected chi connectivity index (χ1v) is 9.46. The Labute approximate surface area is 169 Å². The van der Waals surface area contributed by atoms with E-state index in [-0.39, 0.29) is 0 Å². The number of hydrogen-bond donors (Lipinski definition) is 1. The lowest BCUT2D eigenvalue weighted by molar-refractivity contribution is 0.342. The molecular formula is C22H21N5O2. The van der Waals surface area contributed by atoms with Gasteiger partial charge in [-0.15, -0.1) is 0 Å². The molecule has 3 aromatic rings. The van der Waals surface area contributed by atoms with Crippen molar-refractivity contribution < 1.29 is 9.47 Å². The number of benzene rings is 2. The van der Waals surface area contributed by atoms with Gasteiger partial charge in [-0.1, -0.05) is 30.3 Å². The van der Waals surface area contributed by atoms with Crippen molar-refractivity contribution in [2.75, 3.05) is 24.4 Å². The van der Waals surface area contributed by atoms with Gasteiger partial charge < -0.3 is 19.7 Å². The zero-order chi connectivity index (χ0) is 19.8. The number of aromatic nitrogens is 2. The summed E-state index contributed by atoms with van der Waals surface area (Å²) in [5.74, 6) is 2.05. The van der Waals surface area contributed by atoms with Crippen molar-refractivity contribution in [3.8, 4) is 11.6 Å². The maximum Gasteiger partial charge on any atom is 0.264 e. The lowest BCUT2D eigenvalue weighted by atomic mass is 10.1. The lowest BCUT2D eigenvalue weighted by Gasteiger charge is -2.20. The molecule has 1 aromatic heterocycles. The van der Waals surface area contributed by atoms with Gasteiger partial charge in [0.05, 0.1) is 20.8 Å². The highest BCUT2D eigenvalue weighted by atomic mass is 16.5. The number of nitrogens with zero attached hydrogens (tertiary/aromatic N) is 4. The molecule has 3 heterocycles. The summed E-state index contributed by atoms with van der Waals surface area (Å²) >= 11 is 0. The number of fused-ring (bicyclic) bond motifs is 2. The van der Waals surface area contributed by atoms with Crippen LogP contribution >= 0.6 is 0 Å². The molecule has 0 atom stereocenters. The summed E-state index contributed by atoms with van der Waals surface area (Å²) in [6.07, 6.45) is 1.89. The second kappa shape index (κ2) is 7.09. The molecule has 0 bridgehead atoms. The fraction of sp³-hybridized carbons (Fsp3) is 0.227. The Morgan fingerprint density at radius 2 is 1.72 bits per heavy atom. The van der Waals surface area contributed by atoms with Gasteiger partial charge in [0, 0.05) is 25.0 Å². The van der Waals surface area contributed by atoms with Crippen LogP contribution in [0.2, 0.25) is 0 Å². The third kappa shape index (κ3) is 3.14. The van der Waals surface area contributed by atoms with Gasteiger partial charge in [-0.3, -0.25) is 4.99 Å². The van der Waals surface area contributed by atoms with E-state index < -0.39 is 0 Å². The molecule has 0 saturated heterocycles. The molecule has 5 rings (SSSR count). The second-order valence-corrected chi connectivity index (χ2v) is 7.05. The highest BCUT2D eigenvalue weighted by molar-refractivity contribution is 5.86. The quantitative estimate of drug-likeness (QED) is 0.720. The van der Waals surface area contributed by atoms with E-state index in [4.69, 9.17) is 14.5 Å². The van der Waals surface area contributed by atoms with E-state index in [0.717, 1.165) is 30.9 Å². The van der Waals surface area contributed by atoms with Gasteiger partial charge in [-0.05, 0) is 34.4 Å². The fourth-order valence-electron chi connectivity index (χ4n) is 3.76. The molecule has 0 spiro atoms. The smallest absolute Gasteiger partial charge is 0.264 e. The van der Waals surface area contributed by atoms with Crippen molar-refractivity contribution in [2.24, 2.45) is 4.99 Å². The molecule has 2 aliphatic heterocycles. The molecule has 0 aliphatic carbocycles. The topological polar surface area (TPSA) is 71.9 Å². The minimum Gasteiger partial charge on any atom is -0.489 e. The fourth-order valence-corrected chi connectivity index (χ4v) is 3.76. The number of rotatable bonds is 5. The molecule has 7 heteroatoms. The Morgan fingerprint density at radius 1 is 0.931 bits per heavy atom. The van der Waals surface area contributed by atoms with E-state index in [0.29, 0.717) is 23.4 Å². The Hall–Kier alpha value is -3.61. The first-order valence-electron chi connectivity index (χ1n) is 9.46. The molecular weight excluding hydrogens is 366 g/mol. The number of hydrogen-bond acceptors (Lipinski definition) is 7. The zero-order valence-corrected chi connectivity index (χ0v) is 16.3. The van der Waals surface area contributed by atoms with Crippen LogP contribution in [0.1, 0.15) is 22.3 Å². The Balaban J connectivity index is 1.51. The summed E-state index contributed by atoms with van der Waals surface area (Å²) < 4.78 is 11.1. The number of methoxy groups -OCH3 is 2. The maximum absolute atomic E-state index is 5.55. The van der Waals surface area contributed by atoms with E-state index in [9.17, 15) is 0 Å². The molecule has 0 amide bonds. The van der Waals surface area contributed by atoms with Crippen LogP contribution in [-0.4, -0.2) is 30.4 Å². The van der Waals surface area contributed by atoms with Gasteiger partial charge in [0.25, 0.3) is 5.88 Å². The van der Waals surface area contributed by atoms with Crippen molar-refractivity contribution in [1.29, 1.82) is 0 Å². The summed E-state index contributed by atoms with van der Waals surface area (Å²) in [6, 6.07) is 14.6. The average molecular weight is 387 g/mol. The first-order chi connectivity index (χ1) is 14.2. The Kier molecular flexibility index (Phi) is 4.27. The van der Waals surface area contributed by atoms with Crippen molar-refractivity contribution in [1.82, 2.24) is 9.97 Å². The summed E-state index contributed by atoms with van der Waals surface area (Å²) in [5.41, 5.74) is 5.83. The van der Waals surface area contributed by atoms with Crippen molar-refractivity contribution >= 4 is 23.7 Å². The molecule has 2 aromatic carbocycles. The van der Waals surface area contributed by atoms with E-state index in [1.807, 2.05) is 12.3 Å². The second-order valence-electron chi connectivity index (χ2n) is 7.05. The summed E-state index contributed by atoms with van der Waals surface area (Å²) in [7, 11) is 3.18. The molecule has 7 nitrogen and oxygen atoms in total. The molecule has 146 valence electrons. The van der Waals surface area contributed by atoms with Gasteiger partial charge in [0.1, 0.15) is 0 Å². The van der Waals surface area contributed by atoms with Gasteiger partial charge in [-0.2, -0.15) is 9.97 Å². The number of ether oxygens (including phenoxy) is 2. The standard InChI is InChI=1S/C22H21N5O2/c1-28-19-20(24-18-8-7-14-10-23-11-17(14)9-18)25-22(26-21(19)29-2)27-12-15-5-3-4-6-16(15)13-27/h3-9,11H,10,12-13H2,1-2H3,(H,24,25,26). The number of nitrogens with one attached hydrogen (secondary N) is 1. The highest BCUT2D eigenvalue weighted by Crippen LogP contribution is 2.37. The molecule has 1 N–H and O–H groups in total. The van der Waals surface area contributed by atoms with E-state index in [1.165, 1.54) is 16.7 Å². The minimum atomic E-state index is 0.402. The van der Waals surface area contributed by atoms with E-state index >= 15 is 0 Å². The SMILES string of the molecule is COc1nc(N2Cc3ccccc3C2)nc(Nc2ccc3c(c2)C=NC3)c1OC. The van der Waals surface area contributed by atoms with Crippen molar-refractivity contribution in [2.45, 2.75) is 19.6 Å². The molecule has 0 fully saturated rings. The monoisotopic (exact) mass is 387 g/mol. The molecule has 0 radical (unpaired) electrons. The third-order valence-corrected chi connectivity index (χ3v) is 5.24. The largest absolute Gasteiger partial charge is 0.489 e. The number of anilines is 3. The number of aliphatic imine (C=N–C) groups is 1. The predicted molar refractivity (Wildman–Crippen MR) is 112 cm³/mol. The molecule has 2 aliphatic rings. The van der Waals surface area contributed by atoms with Crippen LogP contribution in [0.4, 0.5) is 17.5 Å². The van der Waals surface area contributed by atoms with Gasteiger partial charge in [0.15, 0.2) is 5.82 Å². The van der Waals surface area contributed by atoms with Crippen LogP contribution < -0.4 is 19.7 Å². The summed E-state index contributed by atoms with van der Waals surface area (Å²) in [6.45, 7) is 2.26. The Morgan fingerprint density at radius 3 is 2.45 bits per heavy atom. The van der Waals surface area contributed by atoms with Gasteiger partial charge in [-0.25, -0.2) is 0 Å². The van der Waals surface area contributed by atoms with Crippen LogP contribution in [-0.2, 0) is 19.6 Å². The Bertz CT molecular complexity index is 1090.